The van der Waals surface area contributed by atoms with Crippen LogP contribution in [0.2, 0.25) is 0 Å². The molecule has 0 bridgehead atoms. The summed E-state index contributed by atoms with van der Waals surface area (Å²) < 4.78 is 37.1. The Kier molecular flexibility index (Phi) is 2.63. The first-order valence-corrected chi connectivity index (χ1v) is 4.39. The van der Waals surface area contributed by atoms with Crippen molar-refractivity contribution in [3.63, 3.8) is 0 Å². The van der Waals surface area contributed by atoms with Crippen LogP contribution < -0.4 is 5.32 Å². The molecule has 68 valence electrons. The zero-order valence-corrected chi connectivity index (χ0v) is 8.54. The normalized spacial score (nSPS) is 29.6. The van der Waals surface area contributed by atoms with Gasteiger partial charge in [0, 0.05) is 3.58 Å². The summed E-state index contributed by atoms with van der Waals surface area (Å²) in [5.41, 5.74) is 0. The molecule has 1 nitrogen and oxygen atoms in total. The molecule has 1 unspecified atom stereocenters. The Bertz CT molecular complexity index is 248. The lowest BCUT2D eigenvalue weighted by molar-refractivity contribution is -0.155. The lowest BCUT2D eigenvalue weighted by atomic mass is 10.2. The van der Waals surface area contributed by atoms with Crippen molar-refractivity contribution >= 4 is 34.2 Å². The first kappa shape index (κ1) is 10.2. The molecule has 12 heavy (non-hydrogen) atoms. The second-order valence-corrected chi connectivity index (χ2v) is 4.06. The molecular formula is C6H4ClF3IN. The van der Waals surface area contributed by atoms with Gasteiger partial charge in [0.25, 0.3) is 0 Å². The van der Waals surface area contributed by atoms with Crippen molar-refractivity contribution in [2.45, 2.75) is 11.2 Å². The topological polar surface area (TPSA) is 12.0 Å². The summed E-state index contributed by atoms with van der Waals surface area (Å²) in [5, 5.41) is 2.04. The monoisotopic (exact) mass is 309 g/mol. The number of hydrogen-bond donors (Lipinski definition) is 1. The Morgan fingerprint density at radius 2 is 2.08 bits per heavy atom. The minimum Gasteiger partial charge on any atom is -0.362 e. The summed E-state index contributed by atoms with van der Waals surface area (Å²) in [7, 11) is 0. The fourth-order valence-corrected chi connectivity index (χ4v) is 1.70. The van der Waals surface area contributed by atoms with Crippen molar-refractivity contribution < 1.29 is 13.2 Å². The Morgan fingerprint density at radius 3 is 2.42 bits per heavy atom. The molecule has 0 amide bonds. The molecule has 0 spiro atoms. The van der Waals surface area contributed by atoms with Crippen LogP contribution in [0.3, 0.4) is 0 Å². The molecule has 0 fully saturated rings. The van der Waals surface area contributed by atoms with Gasteiger partial charge in [-0.1, -0.05) is 11.6 Å². The zero-order valence-electron chi connectivity index (χ0n) is 5.62. The molecular weight excluding hydrogens is 305 g/mol. The van der Waals surface area contributed by atoms with Gasteiger partial charge in [-0.25, -0.2) is 0 Å². The number of hydrogen-bond acceptors (Lipinski definition) is 1. The molecule has 1 aliphatic rings. The van der Waals surface area contributed by atoms with Gasteiger partial charge in [0.05, 0.1) is 0 Å². The molecule has 0 saturated carbocycles. The van der Waals surface area contributed by atoms with E-state index in [-0.39, 0.29) is 0 Å². The van der Waals surface area contributed by atoms with Gasteiger partial charge in [0.15, 0.2) is 0 Å². The van der Waals surface area contributed by atoms with Crippen LogP contribution in [0.1, 0.15) is 0 Å². The first-order chi connectivity index (χ1) is 5.35. The highest BCUT2D eigenvalue weighted by Gasteiger charge is 2.52. The Balaban J connectivity index is 2.95. The van der Waals surface area contributed by atoms with E-state index in [0.29, 0.717) is 3.58 Å². The lowest BCUT2D eigenvalue weighted by Gasteiger charge is -2.28. The van der Waals surface area contributed by atoms with Crippen LogP contribution in [-0.2, 0) is 0 Å². The maximum absolute atomic E-state index is 12.2. The highest BCUT2D eigenvalue weighted by Crippen LogP contribution is 2.38. The minimum absolute atomic E-state index is 0.457. The van der Waals surface area contributed by atoms with Gasteiger partial charge in [-0.2, -0.15) is 13.2 Å². The Morgan fingerprint density at radius 1 is 1.50 bits per heavy atom. The van der Waals surface area contributed by atoms with Crippen molar-refractivity contribution in [2.24, 2.45) is 0 Å². The van der Waals surface area contributed by atoms with Gasteiger partial charge in [-0.15, -0.1) is 0 Å². The maximum atomic E-state index is 12.2. The summed E-state index contributed by atoms with van der Waals surface area (Å²) in [6.07, 6.45) is -0.875. The van der Waals surface area contributed by atoms with Gasteiger partial charge in [0.2, 0.25) is 5.00 Å². The third-order valence-corrected chi connectivity index (χ3v) is 2.39. The quantitative estimate of drug-likeness (QED) is 0.412. The fourth-order valence-electron chi connectivity index (χ4n) is 0.686. The Hall–Kier alpha value is 0.0900. The third-order valence-electron chi connectivity index (χ3n) is 1.29. The average molecular weight is 309 g/mol. The molecule has 0 saturated heterocycles. The van der Waals surface area contributed by atoms with Crippen LogP contribution in [0.25, 0.3) is 0 Å². The largest absolute Gasteiger partial charge is 0.429 e. The van der Waals surface area contributed by atoms with Crippen molar-refractivity contribution in [1.29, 1.82) is 0 Å². The molecule has 0 radical (unpaired) electrons. The first-order valence-electron chi connectivity index (χ1n) is 2.93. The van der Waals surface area contributed by atoms with Gasteiger partial charge in [-0.3, -0.25) is 0 Å². The van der Waals surface area contributed by atoms with E-state index in [0.717, 1.165) is 6.08 Å². The van der Waals surface area contributed by atoms with Crippen LogP contribution in [-0.4, -0.2) is 11.2 Å². The smallest absolute Gasteiger partial charge is 0.362 e. The molecule has 0 aromatic carbocycles. The standard InChI is InChI=1S/C6H4ClF3IN/c7-5(6(8,9)10)3-4(11)1-2-12-5/h1-3,12H. The van der Waals surface area contributed by atoms with E-state index in [2.05, 4.69) is 0 Å². The summed E-state index contributed by atoms with van der Waals surface area (Å²) in [6, 6.07) is 0. The highest BCUT2D eigenvalue weighted by atomic mass is 127. The number of rotatable bonds is 0. The maximum Gasteiger partial charge on any atom is 0.429 e. The van der Waals surface area contributed by atoms with Gasteiger partial charge in [0.1, 0.15) is 0 Å². The second-order valence-electron chi connectivity index (χ2n) is 2.22. The van der Waals surface area contributed by atoms with Crippen LogP contribution >= 0.6 is 34.2 Å². The van der Waals surface area contributed by atoms with E-state index in [1.54, 1.807) is 22.6 Å². The predicted octanol–water partition coefficient (Wildman–Crippen LogP) is 2.92. The molecule has 6 heteroatoms. The molecule has 0 aliphatic carbocycles. The van der Waals surface area contributed by atoms with Crippen molar-refractivity contribution in [2.75, 3.05) is 0 Å². The summed E-state index contributed by atoms with van der Waals surface area (Å²) in [5.74, 6) is 0. The SMILES string of the molecule is FC(F)(F)C1(Cl)C=C(I)C=CN1. The van der Waals surface area contributed by atoms with Gasteiger partial charge in [-0.05, 0) is 40.9 Å². The molecule has 1 heterocycles. The van der Waals surface area contributed by atoms with Crippen LogP contribution in [0.5, 0.6) is 0 Å². The average Bonchev–Trinajstić information content (AvgIpc) is 1.83. The highest BCUT2D eigenvalue weighted by molar-refractivity contribution is 14.1. The third kappa shape index (κ3) is 1.87. The molecule has 1 N–H and O–H groups in total. The summed E-state index contributed by atoms with van der Waals surface area (Å²) >= 11 is 7.05. The fraction of sp³-hybridized carbons (Fsp3) is 0.333. The molecule has 0 aromatic heterocycles. The summed E-state index contributed by atoms with van der Waals surface area (Å²) in [4.78, 5) is -2.45. The molecule has 0 aromatic rings. The Labute approximate surface area is 85.8 Å². The van der Waals surface area contributed by atoms with E-state index in [1.165, 1.54) is 12.3 Å². The van der Waals surface area contributed by atoms with E-state index in [9.17, 15) is 13.2 Å². The van der Waals surface area contributed by atoms with E-state index in [1.807, 2.05) is 5.32 Å². The number of dihydropyridines is 1. The lowest BCUT2D eigenvalue weighted by Crippen LogP contribution is -2.49. The number of allylic oxidation sites excluding steroid dienone is 2. The summed E-state index contributed by atoms with van der Waals surface area (Å²) in [6.45, 7) is 0. The second kappa shape index (κ2) is 3.10. The predicted molar refractivity (Wildman–Crippen MR) is 49.0 cm³/mol. The number of alkyl halides is 4. The van der Waals surface area contributed by atoms with E-state index >= 15 is 0 Å². The van der Waals surface area contributed by atoms with E-state index in [4.69, 9.17) is 11.6 Å². The van der Waals surface area contributed by atoms with Gasteiger partial charge >= 0.3 is 6.18 Å². The van der Waals surface area contributed by atoms with E-state index < -0.39 is 11.2 Å². The molecule has 1 rings (SSSR count). The van der Waals surface area contributed by atoms with Gasteiger partial charge < -0.3 is 5.32 Å². The molecule has 1 aliphatic heterocycles. The van der Waals surface area contributed by atoms with Crippen molar-refractivity contribution in [3.8, 4) is 0 Å². The number of nitrogens with one attached hydrogen (secondary N) is 1. The zero-order chi connectivity index (χ0) is 9.41. The van der Waals surface area contributed by atoms with Crippen LogP contribution in [0.4, 0.5) is 13.2 Å². The number of halogens is 5. The molecule has 1 atom stereocenters. The van der Waals surface area contributed by atoms with Crippen molar-refractivity contribution in [3.05, 3.63) is 21.9 Å². The van der Waals surface area contributed by atoms with Crippen LogP contribution in [0.15, 0.2) is 21.9 Å². The van der Waals surface area contributed by atoms with Crippen LogP contribution in [0, 0.1) is 0 Å². The minimum atomic E-state index is -4.49. The van der Waals surface area contributed by atoms with Crippen molar-refractivity contribution in [1.82, 2.24) is 5.32 Å².